The highest BCUT2D eigenvalue weighted by molar-refractivity contribution is 6.02. The SMILES string of the molecule is CC1/C=C\C=C/Cc2c(cc(-c3ccc(-c4nc5ccccc5n4-c4ccccc4)cc3)c3ccccc23)/C=C\1c1ccc(-c2nc3ccccc3n2-c2ccccc2)cc1. The molecule has 0 aliphatic heterocycles. The zero-order valence-corrected chi connectivity index (χ0v) is 33.9. The molecule has 1 unspecified atom stereocenters. The number of imidazole rings is 2. The zero-order chi connectivity index (χ0) is 40.7. The lowest BCUT2D eigenvalue weighted by Crippen LogP contribution is -2.00. The van der Waals surface area contributed by atoms with Gasteiger partial charge in [-0.15, -0.1) is 0 Å². The number of rotatable bonds is 6. The van der Waals surface area contributed by atoms with E-state index < -0.39 is 0 Å². The molecule has 61 heavy (non-hydrogen) atoms. The Hall–Kier alpha value is -7.82. The van der Waals surface area contributed by atoms with Crippen LogP contribution in [0.15, 0.2) is 212 Å². The van der Waals surface area contributed by atoms with Crippen molar-refractivity contribution in [1.29, 1.82) is 0 Å². The molecule has 0 N–H and O–H groups in total. The number of benzene rings is 8. The van der Waals surface area contributed by atoms with Crippen LogP contribution in [0.2, 0.25) is 0 Å². The smallest absolute Gasteiger partial charge is 0.145 e. The molecule has 0 bridgehead atoms. The summed E-state index contributed by atoms with van der Waals surface area (Å²) in [4.78, 5) is 10.3. The van der Waals surface area contributed by atoms with E-state index in [1.54, 1.807) is 0 Å². The maximum atomic E-state index is 5.14. The van der Waals surface area contributed by atoms with Gasteiger partial charge in [-0.1, -0.05) is 171 Å². The fourth-order valence-corrected chi connectivity index (χ4v) is 9.02. The molecule has 1 atom stereocenters. The van der Waals surface area contributed by atoms with Crippen molar-refractivity contribution < 1.29 is 0 Å². The van der Waals surface area contributed by atoms with Crippen LogP contribution in [0.3, 0.4) is 0 Å². The van der Waals surface area contributed by atoms with Gasteiger partial charge < -0.3 is 0 Å². The summed E-state index contributed by atoms with van der Waals surface area (Å²) in [5.41, 5.74) is 15.9. The molecule has 290 valence electrons. The van der Waals surface area contributed by atoms with Crippen LogP contribution in [-0.2, 0) is 6.42 Å². The van der Waals surface area contributed by atoms with Gasteiger partial charge in [0.1, 0.15) is 11.6 Å². The van der Waals surface area contributed by atoms with Crippen LogP contribution in [-0.4, -0.2) is 19.1 Å². The third-order valence-electron chi connectivity index (χ3n) is 12.0. The van der Waals surface area contributed by atoms with Crippen LogP contribution in [0.4, 0.5) is 0 Å². The van der Waals surface area contributed by atoms with Crippen molar-refractivity contribution in [3.63, 3.8) is 0 Å². The van der Waals surface area contributed by atoms with Gasteiger partial charge in [0, 0.05) is 22.5 Å². The third-order valence-corrected chi connectivity index (χ3v) is 12.0. The number of para-hydroxylation sites is 6. The van der Waals surface area contributed by atoms with E-state index in [2.05, 4.69) is 234 Å². The molecule has 4 heteroatoms. The molecule has 2 heterocycles. The van der Waals surface area contributed by atoms with Gasteiger partial charge in [-0.25, -0.2) is 9.97 Å². The minimum absolute atomic E-state index is 0.174. The standard InChI is InChI=1S/C57H42N4/c1-39-17-5-2-10-22-47-44(37-50(39)40-29-33-42(34-30-40)56-58-52-25-13-15-27-54(52)60(56)45-18-6-3-7-19-45)38-51(49-24-12-11-23-48(47)49)41-31-35-43(36-32-41)57-59-53-26-14-16-28-55(53)61(57)46-20-8-4-9-21-46/h2-21,23-39H,22H2,1H3/b10-2-,17-5-,50-37+. The number of hydrogen-bond acceptors (Lipinski definition) is 2. The normalized spacial score (nSPS) is 16.0. The van der Waals surface area contributed by atoms with E-state index in [4.69, 9.17) is 9.97 Å². The highest BCUT2D eigenvalue weighted by Crippen LogP contribution is 2.39. The van der Waals surface area contributed by atoms with Crippen molar-refractivity contribution in [3.05, 3.63) is 229 Å². The minimum Gasteiger partial charge on any atom is -0.292 e. The lowest BCUT2D eigenvalue weighted by molar-refractivity contribution is 0.968. The molecule has 8 aromatic carbocycles. The van der Waals surface area contributed by atoms with Crippen LogP contribution in [0.25, 0.3) is 89.8 Å². The van der Waals surface area contributed by atoms with Crippen molar-refractivity contribution in [2.75, 3.05) is 0 Å². The van der Waals surface area contributed by atoms with E-state index in [-0.39, 0.29) is 5.92 Å². The Morgan fingerprint density at radius 2 is 0.967 bits per heavy atom. The van der Waals surface area contributed by atoms with Gasteiger partial charge >= 0.3 is 0 Å². The Morgan fingerprint density at radius 3 is 1.56 bits per heavy atom. The molecule has 10 aromatic rings. The van der Waals surface area contributed by atoms with E-state index in [9.17, 15) is 0 Å². The molecule has 0 spiro atoms. The Bertz CT molecular complexity index is 3310. The lowest BCUT2D eigenvalue weighted by atomic mass is 9.85. The second-order valence-electron chi connectivity index (χ2n) is 15.8. The quantitative estimate of drug-likeness (QED) is 0.168. The average molecular weight is 783 g/mol. The molecule has 2 aromatic heterocycles. The zero-order valence-electron chi connectivity index (χ0n) is 33.9. The first-order chi connectivity index (χ1) is 30.2. The van der Waals surface area contributed by atoms with E-state index in [0.717, 1.165) is 62.6 Å². The minimum atomic E-state index is 0.174. The van der Waals surface area contributed by atoms with Crippen molar-refractivity contribution in [2.45, 2.75) is 13.3 Å². The first-order valence-electron chi connectivity index (χ1n) is 21.0. The Balaban J connectivity index is 1.02. The maximum absolute atomic E-state index is 5.14. The fraction of sp³-hybridized carbons (Fsp3) is 0.0526. The summed E-state index contributed by atoms with van der Waals surface area (Å²) in [6.07, 6.45) is 12.3. The van der Waals surface area contributed by atoms with Gasteiger partial charge in [0.25, 0.3) is 0 Å². The molecule has 1 aliphatic carbocycles. The lowest BCUT2D eigenvalue weighted by Gasteiger charge is -2.19. The molecule has 4 nitrogen and oxygen atoms in total. The molecular formula is C57H42N4. The first kappa shape index (κ1) is 36.3. The third kappa shape index (κ3) is 6.59. The van der Waals surface area contributed by atoms with Crippen LogP contribution in [0.5, 0.6) is 0 Å². The first-order valence-corrected chi connectivity index (χ1v) is 21.0. The summed E-state index contributed by atoms with van der Waals surface area (Å²) in [5.74, 6) is 2.04. The van der Waals surface area contributed by atoms with Crippen molar-refractivity contribution >= 4 is 44.5 Å². The van der Waals surface area contributed by atoms with Crippen LogP contribution in [0.1, 0.15) is 23.6 Å². The maximum Gasteiger partial charge on any atom is 0.145 e. The second kappa shape index (κ2) is 15.4. The summed E-state index contributed by atoms with van der Waals surface area (Å²) < 4.78 is 4.53. The van der Waals surface area contributed by atoms with E-state index >= 15 is 0 Å². The number of fused-ring (bicyclic) bond motifs is 5. The molecule has 0 saturated heterocycles. The predicted molar refractivity (Wildman–Crippen MR) is 255 cm³/mol. The summed E-state index contributed by atoms with van der Waals surface area (Å²) in [5, 5.41) is 2.53. The van der Waals surface area contributed by atoms with Gasteiger partial charge in [0.05, 0.1) is 22.1 Å². The Kier molecular flexibility index (Phi) is 9.16. The van der Waals surface area contributed by atoms with Gasteiger partial charge in [-0.05, 0) is 111 Å². The monoisotopic (exact) mass is 782 g/mol. The molecular weight excluding hydrogens is 741 g/mol. The molecule has 11 rings (SSSR count). The molecule has 0 fully saturated rings. The van der Waals surface area contributed by atoms with Crippen LogP contribution in [0, 0.1) is 5.92 Å². The van der Waals surface area contributed by atoms with Gasteiger partial charge in [-0.3, -0.25) is 9.13 Å². The summed E-state index contributed by atoms with van der Waals surface area (Å²) in [6.45, 7) is 2.30. The Morgan fingerprint density at radius 1 is 0.475 bits per heavy atom. The second-order valence-corrected chi connectivity index (χ2v) is 15.8. The van der Waals surface area contributed by atoms with Gasteiger partial charge in [0.15, 0.2) is 0 Å². The number of nitrogens with zero attached hydrogens (tertiary/aromatic N) is 4. The summed E-state index contributed by atoms with van der Waals surface area (Å²) in [6, 6.07) is 67.0. The molecule has 1 aliphatic rings. The molecule has 0 amide bonds. The highest BCUT2D eigenvalue weighted by Gasteiger charge is 2.19. The topological polar surface area (TPSA) is 35.6 Å². The van der Waals surface area contributed by atoms with E-state index in [1.807, 2.05) is 0 Å². The van der Waals surface area contributed by atoms with E-state index in [1.165, 1.54) is 44.2 Å². The largest absolute Gasteiger partial charge is 0.292 e. The molecule has 0 radical (unpaired) electrons. The van der Waals surface area contributed by atoms with Crippen molar-refractivity contribution in [1.82, 2.24) is 19.1 Å². The van der Waals surface area contributed by atoms with Crippen LogP contribution < -0.4 is 0 Å². The van der Waals surface area contributed by atoms with Crippen molar-refractivity contribution in [3.8, 4) is 45.3 Å². The fourth-order valence-electron chi connectivity index (χ4n) is 9.02. The Labute approximate surface area is 355 Å². The predicted octanol–water partition coefficient (Wildman–Crippen LogP) is 14.4. The van der Waals surface area contributed by atoms with Gasteiger partial charge in [0.2, 0.25) is 0 Å². The molecule has 0 saturated carbocycles. The van der Waals surface area contributed by atoms with Gasteiger partial charge in [-0.2, -0.15) is 0 Å². The van der Waals surface area contributed by atoms with Crippen molar-refractivity contribution in [2.24, 2.45) is 5.92 Å². The summed E-state index contributed by atoms with van der Waals surface area (Å²) in [7, 11) is 0. The van der Waals surface area contributed by atoms with E-state index in [0.29, 0.717) is 0 Å². The highest BCUT2D eigenvalue weighted by atomic mass is 15.1. The summed E-state index contributed by atoms with van der Waals surface area (Å²) >= 11 is 0. The van der Waals surface area contributed by atoms with Crippen LogP contribution >= 0.6 is 0 Å². The number of allylic oxidation sites excluding steroid dienone is 5. The average Bonchev–Trinajstić information content (AvgIpc) is 3.91. The number of aromatic nitrogens is 4. The number of hydrogen-bond donors (Lipinski definition) is 0.